The Balaban J connectivity index is 0.000000231. The first kappa shape index (κ1) is 47.8. The summed E-state index contributed by atoms with van der Waals surface area (Å²) < 4.78 is 174. The quantitative estimate of drug-likeness (QED) is 0.147. The van der Waals surface area contributed by atoms with Crippen LogP contribution in [0.15, 0.2) is 208 Å². The second kappa shape index (κ2) is 19.0. The molecule has 6 aromatic rings. The number of sulfone groups is 3. The van der Waals surface area contributed by atoms with Crippen LogP contribution in [0.4, 0.5) is 0 Å². The zero-order chi connectivity index (χ0) is 42.3. The fourth-order valence-electron chi connectivity index (χ4n) is 4.82. The second-order valence-electron chi connectivity index (χ2n) is 11.2. The van der Waals surface area contributed by atoms with Crippen LogP contribution in [0, 0.1) is 0 Å². The summed E-state index contributed by atoms with van der Waals surface area (Å²) in [6.07, 6.45) is 0. The normalized spacial score (nSPS) is 12.1. The van der Waals surface area contributed by atoms with Gasteiger partial charge in [-0.3, -0.25) is 0 Å². The van der Waals surface area contributed by atoms with Crippen LogP contribution in [-0.2, 0) is 59.9 Å². The van der Waals surface area contributed by atoms with E-state index in [1.165, 1.54) is 109 Å². The summed E-state index contributed by atoms with van der Waals surface area (Å²) in [5.41, 5.74) is 0. The van der Waals surface area contributed by atoms with Crippen molar-refractivity contribution < 1.29 is 64.2 Å². The van der Waals surface area contributed by atoms with Gasteiger partial charge in [0.15, 0.2) is 0 Å². The topological polar surface area (TPSA) is 274 Å². The molecule has 0 radical (unpaired) electrons. The van der Waals surface area contributed by atoms with Crippen molar-refractivity contribution >= 4 is 77.2 Å². The molecule has 0 aliphatic rings. The van der Waals surface area contributed by atoms with Gasteiger partial charge in [-0.25, -0.2) is 50.5 Å². The van der Waals surface area contributed by atoms with Gasteiger partial charge in [0.05, 0.1) is 44.1 Å². The van der Waals surface area contributed by atoms with Crippen LogP contribution in [0.1, 0.15) is 0 Å². The first-order valence-corrected chi connectivity index (χ1v) is 24.2. The molecule has 0 fully saturated rings. The molecule has 15 nitrogen and oxygen atoms in total. The maximum Gasteiger partial charge on any atom is 3.00 e. The maximum atomic E-state index is 12.3. The first-order chi connectivity index (χ1) is 26.5. The second-order valence-corrected chi connectivity index (χ2v) is 21.0. The molecule has 0 saturated carbocycles. The SMILES string of the molecule is O=S(=O)([O-])c1ccccc1S(=O)(=O)c1ccccc1.O=S(=O)([O-])c1ccccc1S(=O)(=O)c1ccccc1.O=S(=O)([O-])c1ccccc1S(=O)(=O)c1ccccc1.[Al+3]. The van der Waals surface area contributed by atoms with Crippen LogP contribution in [0.2, 0.25) is 0 Å². The summed E-state index contributed by atoms with van der Waals surface area (Å²) in [5, 5.41) is 0. The summed E-state index contributed by atoms with van der Waals surface area (Å²) in [5.74, 6) is 0. The van der Waals surface area contributed by atoms with Gasteiger partial charge in [-0.1, -0.05) is 91.0 Å². The van der Waals surface area contributed by atoms with Gasteiger partial charge in [0.1, 0.15) is 30.4 Å². The minimum Gasteiger partial charge on any atom is -0.744 e. The van der Waals surface area contributed by atoms with E-state index in [1.807, 2.05) is 0 Å². The van der Waals surface area contributed by atoms with E-state index < -0.39 is 89.2 Å². The maximum absolute atomic E-state index is 12.3. The van der Waals surface area contributed by atoms with Crippen LogP contribution < -0.4 is 0 Å². The molecule has 22 heteroatoms. The minimum absolute atomic E-state index is 0. The number of hydrogen-bond acceptors (Lipinski definition) is 15. The van der Waals surface area contributed by atoms with Crippen molar-refractivity contribution in [2.24, 2.45) is 0 Å². The van der Waals surface area contributed by atoms with Crippen molar-refractivity contribution in [1.82, 2.24) is 0 Å². The molecule has 0 saturated heterocycles. The molecule has 0 heterocycles. The van der Waals surface area contributed by atoms with E-state index in [1.54, 1.807) is 18.2 Å². The van der Waals surface area contributed by atoms with Crippen molar-refractivity contribution in [3.8, 4) is 0 Å². The van der Waals surface area contributed by atoms with Crippen LogP contribution in [-0.4, -0.2) is 81.5 Å². The average Bonchev–Trinajstić information content (AvgIpc) is 3.18. The zero-order valence-corrected chi connectivity index (χ0v) is 35.3. The zero-order valence-electron chi connectivity index (χ0n) is 29.2. The predicted molar refractivity (Wildman–Crippen MR) is 205 cm³/mol. The van der Waals surface area contributed by atoms with E-state index in [2.05, 4.69) is 0 Å². The van der Waals surface area contributed by atoms with Gasteiger partial charge < -0.3 is 13.7 Å². The fourth-order valence-corrected chi connectivity index (χ4v) is 12.5. The van der Waals surface area contributed by atoms with E-state index >= 15 is 0 Å². The molecular formula is C36H27AlO15S6. The predicted octanol–water partition coefficient (Wildman–Crippen LogP) is 3.89. The Labute approximate surface area is 346 Å². The molecule has 300 valence electrons. The molecule has 0 aliphatic heterocycles. The van der Waals surface area contributed by atoms with Crippen molar-refractivity contribution in [3.63, 3.8) is 0 Å². The van der Waals surface area contributed by atoms with Gasteiger partial charge in [0.25, 0.3) is 0 Å². The number of hydrogen-bond donors (Lipinski definition) is 0. The van der Waals surface area contributed by atoms with E-state index in [0.29, 0.717) is 0 Å². The molecule has 0 N–H and O–H groups in total. The molecule has 6 aromatic carbocycles. The van der Waals surface area contributed by atoms with Gasteiger partial charge in [0, 0.05) is 0 Å². The summed E-state index contributed by atoms with van der Waals surface area (Å²) in [6.45, 7) is 0. The van der Waals surface area contributed by atoms with Gasteiger partial charge in [-0.15, -0.1) is 0 Å². The van der Waals surface area contributed by atoms with Crippen LogP contribution in [0.25, 0.3) is 0 Å². The van der Waals surface area contributed by atoms with Crippen LogP contribution in [0.3, 0.4) is 0 Å². The van der Waals surface area contributed by atoms with Crippen molar-refractivity contribution in [2.45, 2.75) is 44.1 Å². The summed E-state index contributed by atoms with van der Waals surface area (Å²) in [6, 6.07) is 36.3. The first-order valence-electron chi connectivity index (χ1n) is 15.6. The monoisotopic (exact) mass is 918 g/mol. The summed E-state index contributed by atoms with van der Waals surface area (Å²) in [4.78, 5) is -3.91. The third kappa shape index (κ3) is 11.5. The Morgan fingerprint density at radius 2 is 0.397 bits per heavy atom. The Kier molecular flexibility index (Phi) is 15.7. The van der Waals surface area contributed by atoms with Crippen molar-refractivity contribution in [3.05, 3.63) is 164 Å². The molecule has 0 atom stereocenters. The number of rotatable bonds is 9. The van der Waals surface area contributed by atoms with E-state index in [9.17, 15) is 64.2 Å². The molecular weight excluding hydrogens is 892 g/mol. The molecule has 0 bridgehead atoms. The molecule has 6 rings (SSSR count). The third-order valence-electron chi connectivity index (χ3n) is 7.38. The van der Waals surface area contributed by atoms with E-state index in [4.69, 9.17) is 0 Å². The average molecular weight is 919 g/mol. The van der Waals surface area contributed by atoms with E-state index in [0.717, 1.165) is 36.4 Å². The largest absolute Gasteiger partial charge is 3.00 e. The summed E-state index contributed by atoms with van der Waals surface area (Å²) >= 11 is 0. The van der Waals surface area contributed by atoms with Crippen LogP contribution in [0.5, 0.6) is 0 Å². The number of benzene rings is 6. The molecule has 0 unspecified atom stereocenters. The van der Waals surface area contributed by atoms with Crippen molar-refractivity contribution in [1.29, 1.82) is 0 Å². The van der Waals surface area contributed by atoms with Gasteiger partial charge in [-0.05, 0) is 72.8 Å². The minimum atomic E-state index is -4.85. The standard InChI is InChI=1S/3C12H10O5S2.Al/c3*13-18(14,10-6-2-1-3-7-10)11-8-4-5-9-12(11)19(15,16)17;/h3*1-9H,(H,15,16,17);/q;;;+3/p-3. The molecule has 0 spiro atoms. The molecule has 0 aliphatic carbocycles. The molecule has 0 aromatic heterocycles. The Morgan fingerprint density at radius 3 is 0.569 bits per heavy atom. The van der Waals surface area contributed by atoms with Gasteiger partial charge in [-0.2, -0.15) is 0 Å². The van der Waals surface area contributed by atoms with Crippen LogP contribution >= 0.6 is 0 Å². The molecule has 58 heavy (non-hydrogen) atoms. The van der Waals surface area contributed by atoms with Crippen molar-refractivity contribution in [2.75, 3.05) is 0 Å². The van der Waals surface area contributed by atoms with Gasteiger partial charge in [0.2, 0.25) is 29.5 Å². The molecule has 0 amide bonds. The summed E-state index contributed by atoms with van der Waals surface area (Å²) in [7, 11) is -26.7. The Morgan fingerprint density at radius 1 is 0.241 bits per heavy atom. The van der Waals surface area contributed by atoms with E-state index in [-0.39, 0.29) is 32.0 Å². The van der Waals surface area contributed by atoms with Gasteiger partial charge >= 0.3 is 17.4 Å². The smallest absolute Gasteiger partial charge is 0.744 e. The Bertz CT molecular complexity index is 2720. The third-order valence-corrected chi connectivity index (χ3v) is 15.9. The Hall–Kier alpha value is -4.57. The fraction of sp³-hybridized carbons (Fsp3) is 0.